The number of methoxy groups -OCH3 is 1. The lowest BCUT2D eigenvalue weighted by molar-refractivity contribution is 0.398. The monoisotopic (exact) mass is 288 g/mol. The minimum absolute atomic E-state index is 0.618. The number of aryl methyl sites for hydroxylation is 2. The van der Waals surface area contributed by atoms with Gasteiger partial charge in [-0.3, -0.25) is 4.40 Å². The van der Waals surface area contributed by atoms with Crippen LogP contribution in [0.3, 0.4) is 0 Å². The van der Waals surface area contributed by atoms with Gasteiger partial charge in [0, 0.05) is 17.1 Å². The highest BCUT2D eigenvalue weighted by Gasteiger charge is 2.10. The van der Waals surface area contributed by atoms with E-state index in [9.17, 15) is 0 Å². The average Bonchev–Trinajstić information content (AvgIpc) is 2.92. The van der Waals surface area contributed by atoms with E-state index >= 15 is 0 Å². The first-order valence-electron chi connectivity index (χ1n) is 6.35. The molecule has 3 aromatic heterocycles. The summed E-state index contributed by atoms with van der Waals surface area (Å²) in [5, 5.41) is 3.37. The van der Waals surface area contributed by atoms with Gasteiger partial charge < -0.3 is 10.1 Å². The maximum absolute atomic E-state index is 5.05. The number of hydrogen-bond donors (Lipinski definition) is 1. The SMILES string of the molecule is COc1ccc(NCc2c(C)nc3sc(C)cn23)cn1. The summed E-state index contributed by atoms with van der Waals surface area (Å²) >= 11 is 1.71. The van der Waals surface area contributed by atoms with Gasteiger partial charge in [0.15, 0.2) is 4.96 Å². The molecule has 0 aliphatic heterocycles. The van der Waals surface area contributed by atoms with Gasteiger partial charge in [0.2, 0.25) is 5.88 Å². The molecule has 0 aliphatic rings. The number of nitrogens with one attached hydrogen (secondary N) is 1. The Labute approximate surface area is 121 Å². The first-order valence-corrected chi connectivity index (χ1v) is 7.17. The highest BCUT2D eigenvalue weighted by atomic mass is 32.1. The number of rotatable bonds is 4. The molecule has 3 aromatic rings. The topological polar surface area (TPSA) is 51.5 Å². The van der Waals surface area contributed by atoms with Gasteiger partial charge in [-0.15, -0.1) is 11.3 Å². The number of anilines is 1. The van der Waals surface area contributed by atoms with Gasteiger partial charge in [0.25, 0.3) is 0 Å². The third-order valence-electron chi connectivity index (χ3n) is 3.15. The summed E-state index contributed by atoms with van der Waals surface area (Å²) in [6.07, 6.45) is 3.90. The largest absolute Gasteiger partial charge is 0.481 e. The molecule has 3 rings (SSSR count). The van der Waals surface area contributed by atoms with Crippen molar-refractivity contribution in [2.24, 2.45) is 0 Å². The Morgan fingerprint density at radius 3 is 2.90 bits per heavy atom. The van der Waals surface area contributed by atoms with Gasteiger partial charge in [-0.1, -0.05) is 0 Å². The highest BCUT2D eigenvalue weighted by molar-refractivity contribution is 7.17. The van der Waals surface area contributed by atoms with Crippen LogP contribution < -0.4 is 10.1 Å². The van der Waals surface area contributed by atoms with Crippen LogP contribution in [0, 0.1) is 13.8 Å². The zero-order chi connectivity index (χ0) is 14.1. The molecular weight excluding hydrogens is 272 g/mol. The molecule has 0 bridgehead atoms. The summed E-state index contributed by atoms with van der Waals surface area (Å²) in [7, 11) is 1.61. The lowest BCUT2D eigenvalue weighted by atomic mass is 10.3. The molecule has 0 radical (unpaired) electrons. The van der Waals surface area contributed by atoms with E-state index in [-0.39, 0.29) is 0 Å². The van der Waals surface area contributed by atoms with Crippen LogP contribution in [-0.4, -0.2) is 21.5 Å². The quantitative estimate of drug-likeness (QED) is 0.801. The average molecular weight is 288 g/mol. The molecule has 3 heterocycles. The summed E-state index contributed by atoms with van der Waals surface area (Å²) in [5.41, 5.74) is 3.21. The summed E-state index contributed by atoms with van der Waals surface area (Å²) in [6, 6.07) is 3.80. The zero-order valence-corrected chi connectivity index (χ0v) is 12.5. The number of thiazole rings is 1. The first kappa shape index (κ1) is 12.9. The molecule has 0 aliphatic carbocycles. The lowest BCUT2D eigenvalue weighted by Crippen LogP contribution is -2.04. The maximum atomic E-state index is 5.05. The van der Waals surface area contributed by atoms with E-state index in [1.54, 1.807) is 24.6 Å². The van der Waals surface area contributed by atoms with Crippen molar-refractivity contribution in [3.8, 4) is 5.88 Å². The third kappa shape index (κ3) is 2.34. The van der Waals surface area contributed by atoms with E-state index in [1.807, 2.05) is 19.1 Å². The zero-order valence-electron chi connectivity index (χ0n) is 11.7. The Balaban J connectivity index is 1.80. The van der Waals surface area contributed by atoms with E-state index in [0.717, 1.165) is 22.9 Å². The fourth-order valence-electron chi connectivity index (χ4n) is 2.11. The van der Waals surface area contributed by atoms with Gasteiger partial charge >= 0.3 is 0 Å². The first-order chi connectivity index (χ1) is 9.67. The fraction of sp³-hybridized carbons (Fsp3) is 0.286. The Morgan fingerprint density at radius 2 is 2.20 bits per heavy atom. The number of aromatic nitrogens is 3. The van der Waals surface area contributed by atoms with Crippen molar-refractivity contribution in [3.63, 3.8) is 0 Å². The number of nitrogens with zero attached hydrogens (tertiary/aromatic N) is 3. The molecule has 1 N–H and O–H groups in total. The second-order valence-corrected chi connectivity index (χ2v) is 5.79. The molecule has 0 saturated carbocycles. The van der Waals surface area contributed by atoms with Crippen molar-refractivity contribution < 1.29 is 4.74 Å². The van der Waals surface area contributed by atoms with Crippen LogP contribution in [0.2, 0.25) is 0 Å². The van der Waals surface area contributed by atoms with Crippen molar-refractivity contribution in [1.29, 1.82) is 0 Å². The van der Waals surface area contributed by atoms with Crippen LogP contribution in [-0.2, 0) is 6.54 Å². The van der Waals surface area contributed by atoms with Crippen LogP contribution in [0.1, 0.15) is 16.3 Å². The van der Waals surface area contributed by atoms with E-state index in [0.29, 0.717) is 5.88 Å². The van der Waals surface area contributed by atoms with E-state index in [1.165, 1.54) is 10.6 Å². The number of hydrogen-bond acceptors (Lipinski definition) is 5. The third-order valence-corrected chi connectivity index (χ3v) is 4.04. The molecule has 0 aromatic carbocycles. The van der Waals surface area contributed by atoms with Crippen molar-refractivity contribution in [1.82, 2.24) is 14.4 Å². The molecule has 0 saturated heterocycles. The molecule has 0 amide bonds. The molecule has 0 unspecified atom stereocenters. The van der Waals surface area contributed by atoms with Crippen molar-refractivity contribution in [2.45, 2.75) is 20.4 Å². The number of imidazole rings is 1. The Kier molecular flexibility index (Phi) is 3.31. The standard InChI is InChI=1S/C14H16N4OS/c1-9-8-18-12(10(2)17-14(18)20-9)7-15-11-4-5-13(19-3)16-6-11/h4-6,8,15H,7H2,1-3H3. The van der Waals surface area contributed by atoms with Crippen LogP contribution in [0.4, 0.5) is 5.69 Å². The predicted molar refractivity (Wildman–Crippen MR) is 80.7 cm³/mol. The summed E-state index contributed by atoms with van der Waals surface area (Å²) in [4.78, 5) is 11.1. The normalized spacial score (nSPS) is 10.9. The number of ether oxygens (including phenoxy) is 1. The van der Waals surface area contributed by atoms with E-state index in [2.05, 4.69) is 32.8 Å². The van der Waals surface area contributed by atoms with Gasteiger partial charge in [-0.2, -0.15) is 0 Å². The Morgan fingerprint density at radius 1 is 1.35 bits per heavy atom. The van der Waals surface area contributed by atoms with Gasteiger partial charge in [-0.25, -0.2) is 9.97 Å². The Bertz CT molecular complexity index is 730. The summed E-state index contributed by atoms with van der Waals surface area (Å²) < 4.78 is 7.20. The maximum Gasteiger partial charge on any atom is 0.213 e. The van der Waals surface area contributed by atoms with Crippen LogP contribution in [0.5, 0.6) is 5.88 Å². The second kappa shape index (κ2) is 5.13. The van der Waals surface area contributed by atoms with Crippen LogP contribution >= 0.6 is 11.3 Å². The lowest BCUT2D eigenvalue weighted by Gasteiger charge is -2.07. The molecule has 20 heavy (non-hydrogen) atoms. The molecule has 0 fully saturated rings. The highest BCUT2D eigenvalue weighted by Crippen LogP contribution is 2.21. The number of fused-ring (bicyclic) bond motifs is 1. The molecule has 6 heteroatoms. The predicted octanol–water partition coefficient (Wildman–Crippen LogP) is 3.03. The van der Waals surface area contributed by atoms with Gasteiger partial charge in [-0.05, 0) is 19.9 Å². The van der Waals surface area contributed by atoms with Crippen molar-refractivity contribution in [3.05, 3.63) is 40.8 Å². The van der Waals surface area contributed by atoms with Crippen LogP contribution in [0.15, 0.2) is 24.5 Å². The molecular formula is C14H16N4OS. The van der Waals surface area contributed by atoms with Gasteiger partial charge in [0.1, 0.15) is 0 Å². The minimum Gasteiger partial charge on any atom is -0.481 e. The molecule has 104 valence electrons. The smallest absolute Gasteiger partial charge is 0.213 e. The molecule has 0 spiro atoms. The molecule has 5 nitrogen and oxygen atoms in total. The summed E-state index contributed by atoms with van der Waals surface area (Å²) in [5.74, 6) is 0.618. The minimum atomic E-state index is 0.618. The van der Waals surface area contributed by atoms with E-state index in [4.69, 9.17) is 4.74 Å². The molecule has 0 atom stereocenters. The van der Waals surface area contributed by atoms with Crippen LogP contribution in [0.25, 0.3) is 4.96 Å². The number of pyridine rings is 1. The second-order valence-electron chi connectivity index (χ2n) is 4.58. The Hall–Kier alpha value is -2.08. The van der Waals surface area contributed by atoms with Gasteiger partial charge in [0.05, 0.1) is 36.9 Å². The van der Waals surface area contributed by atoms with Crippen molar-refractivity contribution >= 4 is 22.0 Å². The van der Waals surface area contributed by atoms with E-state index < -0.39 is 0 Å². The summed E-state index contributed by atoms with van der Waals surface area (Å²) in [6.45, 7) is 4.86. The fourth-order valence-corrected chi connectivity index (χ4v) is 3.00. The van der Waals surface area contributed by atoms with Crippen molar-refractivity contribution in [2.75, 3.05) is 12.4 Å².